The van der Waals surface area contributed by atoms with E-state index in [-0.39, 0.29) is 42.8 Å². The minimum Gasteiger partial charge on any atom is -0.493 e. The van der Waals surface area contributed by atoms with Gasteiger partial charge in [0.1, 0.15) is 5.75 Å². The zero-order valence-corrected chi connectivity index (χ0v) is 15.2. The smallest absolute Gasteiger partial charge is 0.238 e. The van der Waals surface area contributed by atoms with Gasteiger partial charge in [0.25, 0.3) is 0 Å². The van der Waals surface area contributed by atoms with E-state index in [4.69, 9.17) is 4.74 Å². The van der Waals surface area contributed by atoms with Gasteiger partial charge < -0.3 is 15.4 Å². The van der Waals surface area contributed by atoms with E-state index >= 15 is 0 Å². The Morgan fingerprint density at radius 3 is 2.96 bits per heavy atom. The number of benzene rings is 1. The van der Waals surface area contributed by atoms with Crippen LogP contribution in [0, 0.1) is 0 Å². The van der Waals surface area contributed by atoms with Crippen LogP contribution < -0.4 is 15.4 Å². The molecule has 0 bridgehead atoms. The number of fused-ring (bicyclic) bond motifs is 2. The molecule has 1 unspecified atom stereocenters. The summed E-state index contributed by atoms with van der Waals surface area (Å²) in [6.45, 7) is 3.56. The summed E-state index contributed by atoms with van der Waals surface area (Å²) < 4.78 is 5.66. The Labute approximate surface area is 155 Å². The maximum atomic E-state index is 12.6. The van der Waals surface area contributed by atoms with Crippen LogP contribution in [0.15, 0.2) is 24.3 Å². The number of nitrogens with zero attached hydrogens (tertiary/aromatic N) is 1. The summed E-state index contributed by atoms with van der Waals surface area (Å²) in [5.41, 5.74) is 1.09. The number of para-hydroxylation sites is 1. The van der Waals surface area contributed by atoms with Gasteiger partial charge in [0.05, 0.1) is 18.7 Å². The summed E-state index contributed by atoms with van der Waals surface area (Å²) in [6.07, 6.45) is 3.35. The van der Waals surface area contributed by atoms with Crippen LogP contribution in [0.1, 0.15) is 30.9 Å². The second-order valence-electron chi connectivity index (χ2n) is 6.49. The van der Waals surface area contributed by atoms with Gasteiger partial charge in [0.15, 0.2) is 0 Å². The fraction of sp³-hybridized carbons (Fsp3) is 0.588. The number of halogens is 2. The molecule has 2 N–H and O–H groups in total. The van der Waals surface area contributed by atoms with E-state index in [0.717, 1.165) is 37.4 Å². The summed E-state index contributed by atoms with van der Waals surface area (Å²) in [7, 11) is 0. The van der Waals surface area contributed by atoms with Gasteiger partial charge in [0, 0.05) is 31.1 Å². The number of hydrogen-bond donors (Lipinski definition) is 2. The number of piperazine rings is 1. The van der Waals surface area contributed by atoms with Crippen LogP contribution in [0.5, 0.6) is 5.75 Å². The summed E-state index contributed by atoms with van der Waals surface area (Å²) in [4.78, 5) is 15.1. The van der Waals surface area contributed by atoms with E-state index in [0.29, 0.717) is 12.6 Å². The Morgan fingerprint density at radius 2 is 2.08 bits per heavy atom. The molecule has 24 heavy (non-hydrogen) atoms. The Bertz CT molecular complexity index is 573. The van der Waals surface area contributed by atoms with Gasteiger partial charge in [-0.25, -0.2) is 0 Å². The molecule has 4 rings (SSSR count). The lowest BCUT2D eigenvalue weighted by molar-refractivity contribution is -0.125. The number of carbonyl (C=O) groups excluding carboxylic acids is 1. The van der Waals surface area contributed by atoms with Gasteiger partial charge in [0.2, 0.25) is 5.91 Å². The normalized spacial score (nSPS) is 28.4. The number of nitrogens with one attached hydrogen (secondary N) is 2. The van der Waals surface area contributed by atoms with Gasteiger partial charge in [-0.05, 0) is 25.5 Å². The topological polar surface area (TPSA) is 53.6 Å². The monoisotopic (exact) mass is 373 g/mol. The molecule has 1 amide bonds. The molecule has 7 heteroatoms. The summed E-state index contributed by atoms with van der Waals surface area (Å²) >= 11 is 0. The van der Waals surface area contributed by atoms with Crippen molar-refractivity contribution in [3.63, 3.8) is 0 Å². The Kier molecular flexibility index (Phi) is 6.75. The predicted molar refractivity (Wildman–Crippen MR) is 98.3 cm³/mol. The number of carbonyl (C=O) groups is 1. The molecule has 134 valence electrons. The number of amides is 1. The van der Waals surface area contributed by atoms with E-state index in [2.05, 4.69) is 15.5 Å². The third-order valence-electron chi connectivity index (χ3n) is 5.11. The molecule has 2 saturated heterocycles. The third kappa shape index (κ3) is 3.80. The second-order valence-corrected chi connectivity index (χ2v) is 6.49. The van der Waals surface area contributed by atoms with Gasteiger partial charge in [-0.2, -0.15) is 0 Å². The summed E-state index contributed by atoms with van der Waals surface area (Å²) in [6, 6.07) is 8.60. The van der Waals surface area contributed by atoms with Crippen molar-refractivity contribution in [1.29, 1.82) is 0 Å². The largest absolute Gasteiger partial charge is 0.493 e. The van der Waals surface area contributed by atoms with Crippen molar-refractivity contribution in [3.05, 3.63) is 29.8 Å². The molecule has 3 atom stereocenters. The Balaban J connectivity index is 0.00000104. The van der Waals surface area contributed by atoms with Crippen LogP contribution >= 0.6 is 24.8 Å². The third-order valence-corrected chi connectivity index (χ3v) is 5.11. The van der Waals surface area contributed by atoms with E-state index < -0.39 is 0 Å². The van der Waals surface area contributed by atoms with Crippen molar-refractivity contribution >= 4 is 30.7 Å². The van der Waals surface area contributed by atoms with Crippen molar-refractivity contribution in [1.82, 2.24) is 15.5 Å². The lowest BCUT2D eigenvalue weighted by atomic mass is 10.00. The van der Waals surface area contributed by atoms with E-state index in [9.17, 15) is 4.79 Å². The maximum Gasteiger partial charge on any atom is 0.238 e. The molecular formula is C17H25Cl2N3O2. The molecule has 5 nitrogen and oxygen atoms in total. The molecule has 0 aromatic heterocycles. The minimum atomic E-state index is -0.0932. The molecule has 1 aromatic rings. The first-order valence-corrected chi connectivity index (χ1v) is 8.31. The predicted octanol–water partition coefficient (Wildman–Crippen LogP) is 1.91. The molecule has 3 aliphatic rings. The van der Waals surface area contributed by atoms with E-state index in [1.807, 2.05) is 24.3 Å². The van der Waals surface area contributed by atoms with Gasteiger partial charge in [-0.1, -0.05) is 18.2 Å². The fourth-order valence-corrected chi connectivity index (χ4v) is 3.88. The number of hydrogen-bond acceptors (Lipinski definition) is 4. The molecule has 0 aliphatic carbocycles. The maximum absolute atomic E-state index is 12.6. The van der Waals surface area contributed by atoms with Crippen LogP contribution in [0.2, 0.25) is 0 Å². The highest BCUT2D eigenvalue weighted by Gasteiger charge is 2.35. The van der Waals surface area contributed by atoms with Crippen molar-refractivity contribution < 1.29 is 9.53 Å². The molecule has 3 aliphatic heterocycles. The SMILES string of the molecule is Cl.Cl.O=C(N[C@@H]1CCOc2ccccc21)C1CN2CCC[C@@H]2CN1. The molecule has 0 saturated carbocycles. The highest BCUT2D eigenvalue weighted by molar-refractivity contribution is 5.85. The highest BCUT2D eigenvalue weighted by Crippen LogP contribution is 2.31. The molecule has 0 radical (unpaired) electrons. The van der Waals surface area contributed by atoms with Crippen LogP contribution in [-0.2, 0) is 4.79 Å². The molecule has 3 heterocycles. The Morgan fingerprint density at radius 1 is 1.25 bits per heavy atom. The first-order chi connectivity index (χ1) is 10.8. The average molecular weight is 374 g/mol. The van der Waals surface area contributed by atoms with Gasteiger partial charge in [-0.3, -0.25) is 9.69 Å². The minimum absolute atomic E-state index is 0. The standard InChI is InChI=1S/C17H23N3O2.2ClH/c21-17(15-11-20-8-3-4-12(20)10-18-15)19-14-7-9-22-16-6-2-1-5-13(14)16;;/h1-2,5-6,12,14-15,18H,3-4,7-11H2,(H,19,21);2*1H/t12-,14-,15?;;/m1../s1. The summed E-state index contributed by atoms with van der Waals surface area (Å²) in [5.74, 6) is 1.02. The van der Waals surface area contributed by atoms with Crippen molar-refractivity contribution in [2.45, 2.75) is 37.4 Å². The van der Waals surface area contributed by atoms with Crippen LogP contribution in [0.4, 0.5) is 0 Å². The number of rotatable bonds is 2. The first kappa shape index (κ1) is 19.3. The molecule has 2 fully saturated rings. The fourth-order valence-electron chi connectivity index (χ4n) is 3.88. The summed E-state index contributed by atoms with van der Waals surface area (Å²) in [5, 5.41) is 6.64. The lowest BCUT2D eigenvalue weighted by Gasteiger charge is -2.36. The van der Waals surface area contributed by atoms with Crippen LogP contribution in [0.25, 0.3) is 0 Å². The lowest BCUT2D eigenvalue weighted by Crippen LogP contribution is -2.59. The highest BCUT2D eigenvalue weighted by atomic mass is 35.5. The van der Waals surface area contributed by atoms with Gasteiger partial charge in [-0.15, -0.1) is 24.8 Å². The molecule has 1 aromatic carbocycles. The molecule has 0 spiro atoms. The Hall–Kier alpha value is -1.01. The quantitative estimate of drug-likeness (QED) is 0.831. The zero-order chi connectivity index (χ0) is 14.9. The van der Waals surface area contributed by atoms with Crippen molar-refractivity contribution in [2.24, 2.45) is 0 Å². The molecular weight excluding hydrogens is 349 g/mol. The number of ether oxygens (including phenoxy) is 1. The second kappa shape index (κ2) is 8.39. The zero-order valence-electron chi connectivity index (χ0n) is 13.6. The van der Waals surface area contributed by atoms with Gasteiger partial charge >= 0.3 is 0 Å². The first-order valence-electron chi connectivity index (χ1n) is 8.31. The van der Waals surface area contributed by atoms with Crippen molar-refractivity contribution in [3.8, 4) is 5.75 Å². The average Bonchev–Trinajstić information content (AvgIpc) is 3.02. The van der Waals surface area contributed by atoms with E-state index in [1.54, 1.807) is 0 Å². The van der Waals surface area contributed by atoms with Crippen molar-refractivity contribution in [2.75, 3.05) is 26.2 Å². The van der Waals surface area contributed by atoms with Crippen LogP contribution in [0.3, 0.4) is 0 Å². The van der Waals surface area contributed by atoms with Crippen LogP contribution in [-0.4, -0.2) is 49.1 Å². The van der Waals surface area contributed by atoms with E-state index in [1.165, 1.54) is 12.8 Å².